The molecule has 0 bridgehead atoms. The van der Waals surface area contributed by atoms with Crippen molar-refractivity contribution in [2.45, 2.75) is 32.8 Å². The number of amides is 1. The molecule has 0 saturated carbocycles. The summed E-state index contributed by atoms with van der Waals surface area (Å²) < 4.78 is 5.10. The van der Waals surface area contributed by atoms with Crippen molar-refractivity contribution in [3.05, 3.63) is 24.3 Å². The highest BCUT2D eigenvalue weighted by molar-refractivity contribution is 5.84. The van der Waals surface area contributed by atoms with E-state index in [0.717, 1.165) is 12.8 Å². The highest BCUT2D eigenvalue weighted by atomic mass is 16.6. The number of hydrogen-bond acceptors (Lipinski definition) is 3. The molecule has 0 radical (unpaired) electrons. The monoisotopic (exact) mass is 223 g/mol. The Hall–Kier alpha value is -1.71. The molecule has 0 fully saturated rings. The van der Waals surface area contributed by atoms with E-state index in [9.17, 15) is 9.90 Å². The number of carbonyl (C=O) groups excluding carboxylic acids is 1. The lowest BCUT2D eigenvalue weighted by Gasteiger charge is -2.12. The van der Waals surface area contributed by atoms with Crippen molar-refractivity contribution in [2.75, 3.05) is 5.32 Å². The lowest BCUT2D eigenvalue weighted by Crippen LogP contribution is -2.19. The topological polar surface area (TPSA) is 58.6 Å². The van der Waals surface area contributed by atoms with Gasteiger partial charge in [0.15, 0.2) is 0 Å². The second-order valence-corrected chi connectivity index (χ2v) is 3.68. The molecular formula is C12H17NO3. The number of anilines is 1. The minimum atomic E-state index is -0.494. The van der Waals surface area contributed by atoms with Crippen LogP contribution in [0.2, 0.25) is 0 Å². The highest BCUT2D eigenvalue weighted by Crippen LogP contribution is 2.15. The molecule has 0 heterocycles. The number of ether oxygens (including phenoxy) is 1. The lowest BCUT2D eigenvalue weighted by atomic mass is 10.2. The molecule has 4 heteroatoms. The zero-order valence-corrected chi connectivity index (χ0v) is 9.56. The molecule has 0 aliphatic rings. The Morgan fingerprint density at radius 3 is 2.94 bits per heavy atom. The van der Waals surface area contributed by atoms with E-state index in [1.807, 2.05) is 13.8 Å². The smallest absolute Gasteiger partial charge is 0.411 e. The number of aromatic hydroxyl groups is 1. The molecule has 1 amide bonds. The lowest BCUT2D eigenvalue weighted by molar-refractivity contribution is 0.115. The molecule has 1 atom stereocenters. The first-order chi connectivity index (χ1) is 7.61. The summed E-state index contributed by atoms with van der Waals surface area (Å²) in [6, 6.07) is 6.34. The molecule has 16 heavy (non-hydrogen) atoms. The van der Waals surface area contributed by atoms with Gasteiger partial charge in [0.2, 0.25) is 0 Å². The summed E-state index contributed by atoms with van der Waals surface area (Å²) in [5.41, 5.74) is 0.522. The Morgan fingerprint density at radius 1 is 1.56 bits per heavy atom. The first kappa shape index (κ1) is 12.4. The molecule has 1 aromatic carbocycles. The molecule has 0 spiro atoms. The molecule has 1 rings (SSSR count). The second-order valence-electron chi connectivity index (χ2n) is 3.68. The zero-order valence-electron chi connectivity index (χ0n) is 9.56. The second kappa shape index (κ2) is 6.00. The number of phenolic OH excluding ortho intramolecular Hbond substituents is 1. The minimum absolute atomic E-state index is 0.0951. The number of hydrogen-bond donors (Lipinski definition) is 2. The Morgan fingerprint density at radius 2 is 2.31 bits per heavy atom. The maximum Gasteiger partial charge on any atom is 0.411 e. The first-order valence-electron chi connectivity index (χ1n) is 5.38. The summed E-state index contributed by atoms with van der Waals surface area (Å²) in [6.07, 6.45) is 1.22. The SMILES string of the molecule is CCC[C@@H](C)OC(=O)Nc1cccc(O)c1. The van der Waals surface area contributed by atoms with Gasteiger partial charge < -0.3 is 9.84 Å². The van der Waals surface area contributed by atoms with Gasteiger partial charge in [-0.25, -0.2) is 4.79 Å². The third-order valence-electron chi connectivity index (χ3n) is 2.10. The van der Waals surface area contributed by atoms with Crippen LogP contribution in [0.5, 0.6) is 5.75 Å². The molecule has 2 N–H and O–H groups in total. The number of phenols is 1. The number of rotatable bonds is 4. The van der Waals surface area contributed by atoms with Crippen LogP contribution in [-0.2, 0) is 4.74 Å². The highest BCUT2D eigenvalue weighted by Gasteiger charge is 2.08. The molecular weight excluding hydrogens is 206 g/mol. The van der Waals surface area contributed by atoms with E-state index in [-0.39, 0.29) is 11.9 Å². The van der Waals surface area contributed by atoms with Crippen molar-refractivity contribution in [1.29, 1.82) is 0 Å². The van der Waals surface area contributed by atoms with Gasteiger partial charge in [0.1, 0.15) is 11.9 Å². The molecule has 4 nitrogen and oxygen atoms in total. The maximum atomic E-state index is 11.4. The van der Waals surface area contributed by atoms with Crippen LogP contribution in [0.4, 0.5) is 10.5 Å². The minimum Gasteiger partial charge on any atom is -0.508 e. The third-order valence-corrected chi connectivity index (χ3v) is 2.10. The van der Waals surface area contributed by atoms with Crippen molar-refractivity contribution in [3.63, 3.8) is 0 Å². The van der Waals surface area contributed by atoms with Crippen LogP contribution in [0, 0.1) is 0 Å². The van der Waals surface area contributed by atoms with Crippen LogP contribution in [0.25, 0.3) is 0 Å². The summed E-state index contributed by atoms with van der Waals surface area (Å²) >= 11 is 0. The van der Waals surface area contributed by atoms with Gasteiger partial charge in [-0.1, -0.05) is 19.4 Å². The van der Waals surface area contributed by atoms with Gasteiger partial charge in [0.25, 0.3) is 0 Å². The van der Waals surface area contributed by atoms with Gasteiger partial charge >= 0.3 is 6.09 Å². The van der Waals surface area contributed by atoms with Gasteiger partial charge in [0.05, 0.1) is 0 Å². The molecule has 0 saturated heterocycles. The average Bonchev–Trinajstić information content (AvgIpc) is 2.17. The molecule has 0 aliphatic heterocycles. The predicted octanol–water partition coefficient (Wildman–Crippen LogP) is 3.13. The molecule has 0 aromatic heterocycles. The fraction of sp³-hybridized carbons (Fsp3) is 0.417. The van der Waals surface area contributed by atoms with Crippen molar-refractivity contribution in [2.24, 2.45) is 0 Å². The predicted molar refractivity (Wildman–Crippen MR) is 62.6 cm³/mol. The van der Waals surface area contributed by atoms with Crippen molar-refractivity contribution in [3.8, 4) is 5.75 Å². The number of carbonyl (C=O) groups is 1. The van der Waals surface area contributed by atoms with Gasteiger partial charge in [-0.15, -0.1) is 0 Å². The van der Waals surface area contributed by atoms with Crippen LogP contribution in [0.1, 0.15) is 26.7 Å². The first-order valence-corrected chi connectivity index (χ1v) is 5.38. The van der Waals surface area contributed by atoms with E-state index in [1.54, 1.807) is 12.1 Å². The molecule has 0 unspecified atom stereocenters. The summed E-state index contributed by atoms with van der Waals surface area (Å²) in [7, 11) is 0. The average molecular weight is 223 g/mol. The van der Waals surface area contributed by atoms with Gasteiger partial charge in [-0.3, -0.25) is 5.32 Å². The van der Waals surface area contributed by atoms with Crippen LogP contribution >= 0.6 is 0 Å². The Kier molecular flexibility index (Phi) is 4.64. The zero-order chi connectivity index (χ0) is 12.0. The standard InChI is InChI=1S/C12H17NO3/c1-3-5-9(2)16-12(15)13-10-6-4-7-11(14)8-10/h4,6-9,14H,3,5H2,1-2H3,(H,13,15)/t9-/m1/s1. The summed E-state index contributed by atoms with van der Waals surface area (Å²) in [4.78, 5) is 11.4. The van der Waals surface area contributed by atoms with E-state index in [0.29, 0.717) is 5.69 Å². The van der Waals surface area contributed by atoms with Crippen LogP contribution < -0.4 is 5.32 Å². The quantitative estimate of drug-likeness (QED) is 0.824. The van der Waals surface area contributed by atoms with Crippen LogP contribution in [0.3, 0.4) is 0 Å². The van der Waals surface area contributed by atoms with Gasteiger partial charge in [0, 0.05) is 11.8 Å². The molecule has 0 aliphatic carbocycles. The Labute approximate surface area is 95.2 Å². The van der Waals surface area contributed by atoms with Crippen LogP contribution in [-0.4, -0.2) is 17.3 Å². The van der Waals surface area contributed by atoms with E-state index in [1.165, 1.54) is 12.1 Å². The van der Waals surface area contributed by atoms with E-state index < -0.39 is 6.09 Å². The fourth-order valence-electron chi connectivity index (χ4n) is 1.38. The summed E-state index contributed by atoms with van der Waals surface area (Å²) in [5.74, 6) is 0.111. The normalized spacial score (nSPS) is 11.9. The maximum absolute atomic E-state index is 11.4. The fourth-order valence-corrected chi connectivity index (χ4v) is 1.38. The van der Waals surface area contributed by atoms with E-state index in [4.69, 9.17) is 4.74 Å². The van der Waals surface area contributed by atoms with Crippen molar-refractivity contribution < 1.29 is 14.6 Å². The summed E-state index contributed by atoms with van der Waals surface area (Å²) in [6.45, 7) is 3.89. The van der Waals surface area contributed by atoms with Gasteiger partial charge in [-0.2, -0.15) is 0 Å². The van der Waals surface area contributed by atoms with Gasteiger partial charge in [-0.05, 0) is 25.5 Å². The van der Waals surface area contributed by atoms with E-state index in [2.05, 4.69) is 5.32 Å². The van der Waals surface area contributed by atoms with Crippen molar-refractivity contribution in [1.82, 2.24) is 0 Å². The van der Waals surface area contributed by atoms with E-state index >= 15 is 0 Å². The Balaban J connectivity index is 2.45. The summed E-state index contributed by atoms with van der Waals surface area (Å²) in [5, 5.41) is 11.8. The van der Waals surface area contributed by atoms with Crippen LogP contribution in [0.15, 0.2) is 24.3 Å². The molecule has 88 valence electrons. The molecule has 1 aromatic rings. The third kappa shape index (κ3) is 4.21. The number of benzene rings is 1. The Bertz CT molecular complexity index is 352. The number of nitrogens with one attached hydrogen (secondary N) is 1. The largest absolute Gasteiger partial charge is 0.508 e. The van der Waals surface area contributed by atoms with Crippen molar-refractivity contribution >= 4 is 11.8 Å².